The molecule has 0 aliphatic carbocycles. The second-order valence-corrected chi connectivity index (χ2v) is 8.26. The van der Waals surface area contributed by atoms with E-state index in [0.717, 1.165) is 17.3 Å². The van der Waals surface area contributed by atoms with Gasteiger partial charge in [-0.05, 0) is 30.7 Å². The maximum atomic E-state index is 12.4. The molecule has 0 spiro atoms. The van der Waals surface area contributed by atoms with Crippen molar-refractivity contribution in [2.24, 2.45) is 4.40 Å². The van der Waals surface area contributed by atoms with E-state index < -0.39 is 14.9 Å². The van der Waals surface area contributed by atoms with Crippen molar-refractivity contribution in [2.75, 3.05) is 7.11 Å². The Morgan fingerprint density at radius 3 is 2.35 bits per heavy atom. The highest BCUT2D eigenvalue weighted by Gasteiger charge is 2.22. The number of aryl methyl sites for hydroxylation is 1. The van der Waals surface area contributed by atoms with Crippen molar-refractivity contribution in [2.45, 2.75) is 18.4 Å². The Balaban J connectivity index is 1.93. The van der Waals surface area contributed by atoms with Gasteiger partial charge in [0.05, 0.1) is 16.9 Å². The SMILES string of the molecule is COc1cc(/C=N\S(=O)(=O)c2ccc(C)cc2)cc([N+](=O)[O-])c1OCc1ccccc1. The highest BCUT2D eigenvalue weighted by molar-refractivity contribution is 7.90. The van der Waals surface area contributed by atoms with Gasteiger partial charge in [0.15, 0.2) is 5.75 Å². The second-order valence-electron chi connectivity index (χ2n) is 6.63. The van der Waals surface area contributed by atoms with Crippen LogP contribution in [0.5, 0.6) is 11.5 Å². The molecule has 0 saturated carbocycles. The first-order valence-corrected chi connectivity index (χ1v) is 10.6. The molecule has 0 N–H and O–H groups in total. The van der Waals surface area contributed by atoms with Crippen LogP contribution in [0, 0.1) is 17.0 Å². The number of sulfonamides is 1. The maximum absolute atomic E-state index is 12.4. The maximum Gasteiger partial charge on any atom is 0.315 e. The van der Waals surface area contributed by atoms with E-state index in [1.807, 2.05) is 37.3 Å². The smallest absolute Gasteiger partial charge is 0.315 e. The first-order chi connectivity index (χ1) is 14.8. The number of methoxy groups -OCH3 is 1. The Bertz CT molecular complexity index is 1210. The topological polar surface area (TPSA) is 108 Å². The lowest BCUT2D eigenvalue weighted by atomic mass is 10.2. The molecule has 0 atom stereocenters. The van der Waals surface area contributed by atoms with E-state index in [0.29, 0.717) is 0 Å². The first-order valence-electron chi connectivity index (χ1n) is 9.20. The van der Waals surface area contributed by atoms with Crippen molar-refractivity contribution in [3.63, 3.8) is 0 Å². The summed E-state index contributed by atoms with van der Waals surface area (Å²) in [6.45, 7) is 1.94. The third kappa shape index (κ3) is 5.46. The number of nitro groups is 1. The summed E-state index contributed by atoms with van der Waals surface area (Å²) in [4.78, 5) is 11.0. The van der Waals surface area contributed by atoms with E-state index >= 15 is 0 Å². The third-order valence-corrected chi connectivity index (χ3v) is 5.61. The summed E-state index contributed by atoms with van der Waals surface area (Å²) in [7, 11) is -2.61. The second kappa shape index (κ2) is 9.40. The fourth-order valence-corrected chi connectivity index (χ4v) is 3.61. The van der Waals surface area contributed by atoms with Crippen LogP contribution in [0.1, 0.15) is 16.7 Å². The normalized spacial score (nSPS) is 11.4. The predicted molar refractivity (Wildman–Crippen MR) is 116 cm³/mol. The highest BCUT2D eigenvalue weighted by atomic mass is 32.2. The highest BCUT2D eigenvalue weighted by Crippen LogP contribution is 2.38. The van der Waals surface area contributed by atoms with Gasteiger partial charge in [0, 0.05) is 17.8 Å². The van der Waals surface area contributed by atoms with Gasteiger partial charge < -0.3 is 9.47 Å². The van der Waals surface area contributed by atoms with E-state index in [4.69, 9.17) is 9.47 Å². The summed E-state index contributed by atoms with van der Waals surface area (Å²) in [5.41, 5.74) is 1.57. The fourth-order valence-electron chi connectivity index (χ4n) is 2.75. The average Bonchev–Trinajstić information content (AvgIpc) is 2.77. The largest absolute Gasteiger partial charge is 0.493 e. The summed E-state index contributed by atoms with van der Waals surface area (Å²) < 4.78 is 39.4. The van der Waals surface area contributed by atoms with Gasteiger partial charge in [0.2, 0.25) is 5.75 Å². The van der Waals surface area contributed by atoms with E-state index in [-0.39, 0.29) is 34.3 Å². The van der Waals surface area contributed by atoms with Crippen LogP contribution in [0.25, 0.3) is 0 Å². The first kappa shape index (κ1) is 22.0. The molecule has 3 aromatic rings. The molecular weight excluding hydrogens is 420 g/mol. The number of benzene rings is 3. The van der Waals surface area contributed by atoms with Gasteiger partial charge in [-0.15, -0.1) is 0 Å². The lowest BCUT2D eigenvalue weighted by molar-refractivity contribution is -0.386. The van der Waals surface area contributed by atoms with Gasteiger partial charge >= 0.3 is 5.69 Å². The van der Waals surface area contributed by atoms with Gasteiger partial charge in [0.25, 0.3) is 10.0 Å². The average molecular weight is 440 g/mol. The van der Waals surface area contributed by atoms with Crippen LogP contribution in [-0.4, -0.2) is 26.7 Å². The summed E-state index contributed by atoms with van der Waals surface area (Å²) in [6.07, 6.45) is 1.05. The van der Waals surface area contributed by atoms with Crippen molar-refractivity contribution in [1.29, 1.82) is 0 Å². The fraction of sp³-hybridized carbons (Fsp3) is 0.136. The molecule has 0 bridgehead atoms. The zero-order valence-corrected chi connectivity index (χ0v) is 17.7. The van der Waals surface area contributed by atoms with Crippen LogP contribution in [0.2, 0.25) is 0 Å². The number of hydrogen-bond acceptors (Lipinski definition) is 6. The number of hydrogen-bond donors (Lipinski definition) is 0. The van der Waals surface area contributed by atoms with E-state index in [1.165, 1.54) is 31.4 Å². The van der Waals surface area contributed by atoms with Gasteiger partial charge in [-0.3, -0.25) is 10.1 Å². The predicted octanol–water partition coefficient (Wildman–Crippen LogP) is 4.30. The minimum absolute atomic E-state index is 0.0265. The summed E-state index contributed by atoms with van der Waals surface area (Å²) in [5.74, 6) is 0.0502. The van der Waals surface area contributed by atoms with Crippen LogP contribution in [0.15, 0.2) is 76.0 Å². The molecule has 0 aliphatic heterocycles. The van der Waals surface area contributed by atoms with E-state index in [2.05, 4.69) is 4.40 Å². The van der Waals surface area contributed by atoms with Crippen LogP contribution in [0.4, 0.5) is 5.69 Å². The van der Waals surface area contributed by atoms with Crippen molar-refractivity contribution in [1.82, 2.24) is 0 Å². The monoisotopic (exact) mass is 440 g/mol. The van der Waals surface area contributed by atoms with Crippen molar-refractivity contribution in [3.05, 3.63) is 93.5 Å². The van der Waals surface area contributed by atoms with Crippen LogP contribution < -0.4 is 9.47 Å². The number of rotatable bonds is 8. The molecule has 0 aliphatic rings. The Kier molecular flexibility index (Phi) is 6.66. The molecule has 0 aromatic heterocycles. The molecule has 9 heteroatoms. The molecule has 3 rings (SSSR count). The molecule has 0 radical (unpaired) electrons. The molecule has 0 amide bonds. The zero-order valence-electron chi connectivity index (χ0n) is 16.9. The minimum Gasteiger partial charge on any atom is -0.493 e. The summed E-state index contributed by atoms with van der Waals surface area (Å²) >= 11 is 0. The molecular formula is C22H20N2O6S. The lowest BCUT2D eigenvalue weighted by Gasteiger charge is -2.12. The molecule has 0 heterocycles. The van der Waals surface area contributed by atoms with Crippen molar-refractivity contribution < 1.29 is 22.8 Å². The molecule has 0 saturated heterocycles. The van der Waals surface area contributed by atoms with Crippen molar-refractivity contribution >= 4 is 21.9 Å². The Morgan fingerprint density at radius 1 is 1.06 bits per heavy atom. The Hall–Kier alpha value is -3.72. The van der Waals surface area contributed by atoms with E-state index in [1.54, 1.807) is 12.1 Å². The quantitative estimate of drug-likeness (QED) is 0.294. The van der Waals surface area contributed by atoms with Crippen LogP contribution in [-0.2, 0) is 16.6 Å². The molecule has 3 aromatic carbocycles. The third-order valence-electron chi connectivity index (χ3n) is 4.36. The molecule has 8 nitrogen and oxygen atoms in total. The number of nitrogens with zero attached hydrogens (tertiary/aromatic N) is 2. The number of ether oxygens (including phenoxy) is 2. The minimum atomic E-state index is -3.96. The summed E-state index contributed by atoms with van der Waals surface area (Å²) in [5, 5.41) is 11.6. The molecule has 0 fully saturated rings. The Morgan fingerprint density at radius 2 is 1.74 bits per heavy atom. The Labute approximate surface area is 180 Å². The van der Waals surface area contributed by atoms with Crippen LogP contribution in [0.3, 0.4) is 0 Å². The molecule has 31 heavy (non-hydrogen) atoms. The standard InChI is InChI=1S/C22H20N2O6S/c1-16-8-10-19(11-9-16)31(27,28)23-14-18-12-20(24(25)26)22(21(13-18)29-2)30-15-17-6-4-3-5-7-17/h3-14H,15H2,1-2H3/b23-14-. The molecule has 0 unspecified atom stereocenters. The number of nitro benzene ring substituents is 1. The van der Waals surface area contributed by atoms with Gasteiger partial charge in [-0.1, -0.05) is 48.0 Å². The van der Waals surface area contributed by atoms with Gasteiger partial charge in [-0.2, -0.15) is 12.8 Å². The van der Waals surface area contributed by atoms with Crippen LogP contribution >= 0.6 is 0 Å². The van der Waals surface area contributed by atoms with Gasteiger partial charge in [-0.25, -0.2) is 0 Å². The van der Waals surface area contributed by atoms with Crippen molar-refractivity contribution in [3.8, 4) is 11.5 Å². The summed E-state index contributed by atoms with van der Waals surface area (Å²) in [6, 6.07) is 18.0. The van der Waals surface area contributed by atoms with Gasteiger partial charge in [0.1, 0.15) is 6.61 Å². The zero-order chi connectivity index (χ0) is 22.4. The lowest BCUT2D eigenvalue weighted by Crippen LogP contribution is -2.03. The van der Waals surface area contributed by atoms with E-state index in [9.17, 15) is 18.5 Å². The molecule has 160 valence electrons.